The molecule has 0 atom stereocenters. The predicted molar refractivity (Wildman–Crippen MR) is 109 cm³/mol. The summed E-state index contributed by atoms with van der Waals surface area (Å²) in [7, 11) is 0. The number of H-pyrrole nitrogens is 2. The normalized spacial score (nSPS) is 14.6. The molecule has 0 bridgehead atoms. The van der Waals surface area contributed by atoms with E-state index in [1.807, 2.05) is 24.8 Å². The van der Waals surface area contributed by atoms with Crippen LogP contribution in [0.25, 0.3) is 33.4 Å². The van der Waals surface area contributed by atoms with Crippen molar-refractivity contribution in [2.24, 2.45) is 0 Å². The van der Waals surface area contributed by atoms with Gasteiger partial charge in [0, 0.05) is 44.8 Å². The molecular formula is C18H17N7S2. The quantitative estimate of drug-likeness (QED) is 0.397. The van der Waals surface area contributed by atoms with Crippen LogP contribution in [0.5, 0.6) is 0 Å². The number of rotatable bonds is 4. The lowest BCUT2D eigenvalue weighted by atomic mass is 9.97. The summed E-state index contributed by atoms with van der Waals surface area (Å²) < 4.78 is 0. The van der Waals surface area contributed by atoms with Gasteiger partial charge in [-0.15, -0.1) is 34.6 Å². The van der Waals surface area contributed by atoms with Crippen LogP contribution >= 0.6 is 24.4 Å². The minimum Gasteiger partial charge on any atom is -0.314 e. The second-order valence-corrected chi connectivity index (χ2v) is 8.34. The Balaban J connectivity index is 1.68. The Morgan fingerprint density at radius 3 is 2.78 bits per heavy atom. The van der Waals surface area contributed by atoms with E-state index >= 15 is 0 Å². The number of benzene rings is 2. The second kappa shape index (κ2) is 6.66. The van der Waals surface area contributed by atoms with Crippen molar-refractivity contribution in [1.82, 2.24) is 36.1 Å². The Morgan fingerprint density at radius 1 is 1.15 bits per heavy atom. The van der Waals surface area contributed by atoms with Crippen LogP contribution in [0.4, 0.5) is 0 Å². The highest BCUT2D eigenvalue weighted by atomic mass is 32.2. The maximum absolute atomic E-state index is 4.86. The first-order valence-corrected chi connectivity index (χ1v) is 9.95. The van der Waals surface area contributed by atoms with Gasteiger partial charge in [0.1, 0.15) is 0 Å². The minimum atomic E-state index is 0.549. The third-order valence-electron chi connectivity index (χ3n) is 4.80. The molecule has 136 valence electrons. The Bertz CT molecular complexity index is 1120. The van der Waals surface area contributed by atoms with E-state index in [1.165, 1.54) is 0 Å². The molecule has 2 aromatic heterocycles. The van der Waals surface area contributed by atoms with E-state index in [1.54, 1.807) is 0 Å². The van der Waals surface area contributed by atoms with Gasteiger partial charge in [0.05, 0.1) is 5.52 Å². The third-order valence-corrected chi connectivity index (χ3v) is 6.68. The van der Waals surface area contributed by atoms with Crippen molar-refractivity contribution >= 4 is 35.3 Å². The van der Waals surface area contributed by atoms with Gasteiger partial charge in [-0.25, -0.2) is 0 Å². The van der Waals surface area contributed by atoms with Crippen molar-refractivity contribution in [3.05, 3.63) is 36.0 Å². The molecule has 4 aromatic rings. The lowest BCUT2D eigenvalue weighted by Crippen LogP contribution is -2.44. The van der Waals surface area contributed by atoms with E-state index in [9.17, 15) is 0 Å². The number of thioether (sulfide) groups is 1. The molecule has 3 heterocycles. The summed E-state index contributed by atoms with van der Waals surface area (Å²) >= 11 is 6.69. The lowest BCUT2D eigenvalue weighted by Gasteiger charge is -2.27. The number of hydrogen-bond donors (Lipinski definition) is 4. The van der Waals surface area contributed by atoms with E-state index in [0.29, 0.717) is 11.1 Å². The van der Waals surface area contributed by atoms with Crippen molar-refractivity contribution in [1.29, 1.82) is 0 Å². The summed E-state index contributed by atoms with van der Waals surface area (Å²) in [6, 6.07) is 10.5. The number of nitrogens with one attached hydrogen (secondary N) is 3. The fourth-order valence-corrected chi connectivity index (χ4v) is 4.81. The molecule has 0 aliphatic carbocycles. The van der Waals surface area contributed by atoms with Gasteiger partial charge < -0.3 is 5.32 Å². The summed E-state index contributed by atoms with van der Waals surface area (Å²) in [5.41, 5.74) is 4.99. The van der Waals surface area contributed by atoms with Crippen LogP contribution < -0.4 is 5.32 Å². The van der Waals surface area contributed by atoms with Gasteiger partial charge in [0.15, 0.2) is 0 Å². The van der Waals surface area contributed by atoms with E-state index in [0.717, 1.165) is 56.2 Å². The Morgan fingerprint density at radius 2 is 2.04 bits per heavy atom. The van der Waals surface area contributed by atoms with Crippen LogP contribution in [0, 0.1) is 6.92 Å². The molecule has 0 spiro atoms. The molecule has 1 saturated heterocycles. The van der Waals surface area contributed by atoms with E-state index in [-0.39, 0.29) is 0 Å². The molecule has 27 heavy (non-hydrogen) atoms. The van der Waals surface area contributed by atoms with Crippen LogP contribution in [0.3, 0.4) is 0 Å². The largest absolute Gasteiger partial charge is 0.314 e. The average molecular weight is 396 g/mol. The second-order valence-electron chi connectivity index (χ2n) is 6.55. The number of hydrogen-bond acceptors (Lipinski definition) is 7. The number of aromatic amines is 2. The zero-order chi connectivity index (χ0) is 18.4. The summed E-state index contributed by atoms with van der Waals surface area (Å²) in [4.78, 5) is 2.02. The summed E-state index contributed by atoms with van der Waals surface area (Å²) in [6.45, 7) is 4.07. The Labute approximate surface area is 165 Å². The van der Waals surface area contributed by atoms with E-state index < -0.39 is 0 Å². The summed E-state index contributed by atoms with van der Waals surface area (Å²) in [5, 5.41) is 27.1. The first kappa shape index (κ1) is 16.8. The first-order valence-electron chi connectivity index (χ1n) is 8.63. The maximum atomic E-state index is 4.86. The molecule has 1 aliphatic heterocycles. The van der Waals surface area contributed by atoms with Crippen LogP contribution in [-0.4, -0.2) is 49.2 Å². The van der Waals surface area contributed by atoms with Crippen LogP contribution in [0.15, 0.2) is 40.1 Å². The lowest BCUT2D eigenvalue weighted by molar-refractivity contribution is 0.543. The van der Waals surface area contributed by atoms with Gasteiger partial charge in [0.25, 0.3) is 0 Å². The standard InChI is InChI=1S/C18H17N7S2/c1-9-13-6-10(2-4-14(13)21-20-9)12-3-5-15(27-11-7-19-8-11)17(26)16(12)18-22-24-25-23-18/h2-6,11,19,26H,7-8H2,1H3,(H,20,21)(H,22,23,24,25). The molecule has 1 aliphatic rings. The fourth-order valence-electron chi connectivity index (χ4n) is 3.23. The zero-order valence-corrected chi connectivity index (χ0v) is 16.2. The van der Waals surface area contributed by atoms with E-state index in [2.05, 4.69) is 60.4 Å². The van der Waals surface area contributed by atoms with Gasteiger partial charge in [-0.05, 0) is 41.5 Å². The maximum Gasteiger partial charge on any atom is 0.206 e. The molecule has 0 unspecified atom stereocenters. The SMILES string of the molecule is Cc1[nH]nc2ccc(-c3ccc(SC4CNC4)c(S)c3-c3nn[nH]n3)cc12. The van der Waals surface area contributed by atoms with E-state index in [4.69, 9.17) is 12.6 Å². The average Bonchev–Trinajstić information content (AvgIpc) is 3.29. The molecule has 3 N–H and O–H groups in total. The van der Waals surface area contributed by atoms with Crippen molar-refractivity contribution in [3.8, 4) is 22.5 Å². The van der Waals surface area contributed by atoms with Crippen molar-refractivity contribution in [2.75, 3.05) is 13.1 Å². The number of nitrogens with zero attached hydrogens (tertiary/aromatic N) is 4. The molecule has 9 heteroatoms. The minimum absolute atomic E-state index is 0.549. The third kappa shape index (κ3) is 2.91. The number of fused-ring (bicyclic) bond motifs is 1. The van der Waals surface area contributed by atoms with Crippen molar-refractivity contribution in [2.45, 2.75) is 22.0 Å². The number of tetrazole rings is 1. The number of aromatic nitrogens is 6. The van der Waals surface area contributed by atoms with Crippen LogP contribution in [0.1, 0.15) is 5.69 Å². The highest BCUT2D eigenvalue weighted by Crippen LogP contribution is 2.42. The monoisotopic (exact) mass is 395 g/mol. The van der Waals surface area contributed by atoms with Gasteiger partial charge in [-0.3, -0.25) is 5.10 Å². The van der Waals surface area contributed by atoms with Gasteiger partial charge >= 0.3 is 0 Å². The zero-order valence-electron chi connectivity index (χ0n) is 14.5. The van der Waals surface area contributed by atoms with Crippen LogP contribution in [-0.2, 0) is 0 Å². The molecule has 0 saturated carbocycles. The highest BCUT2D eigenvalue weighted by molar-refractivity contribution is 8.00. The molecular weight excluding hydrogens is 378 g/mol. The first-order chi connectivity index (χ1) is 13.2. The Hall–Kier alpha value is -2.36. The molecule has 5 rings (SSSR count). The fraction of sp³-hybridized carbons (Fsp3) is 0.222. The highest BCUT2D eigenvalue weighted by Gasteiger charge is 2.23. The number of aryl methyl sites for hydroxylation is 1. The summed E-state index contributed by atoms with van der Waals surface area (Å²) in [6.07, 6.45) is 0. The number of thiol groups is 1. The van der Waals surface area contributed by atoms with Crippen molar-refractivity contribution in [3.63, 3.8) is 0 Å². The Kier molecular flexibility index (Phi) is 4.14. The van der Waals surface area contributed by atoms with Crippen LogP contribution in [0.2, 0.25) is 0 Å². The van der Waals surface area contributed by atoms with Gasteiger partial charge in [0.2, 0.25) is 5.82 Å². The van der Waals surface area contributed by atoms with Gasteiger partial charge in [-0.2, -0.15) is 10.3 Å². The van der Waals surface area contributed by atoms with Crippen molar-refractivity contribution < 1.29 is 0 Å². The molecule has 2 aromatic carbocycles. The molecule has 1 fully saturated rings. The predicted octanol–water partition coefficient (Wildman–Crippen LogP) is 3.07. The molecule has 7 nitrogen and oxygen atoms in total. The molecule has 0 amide bonds. The smallest absolute Gasteiger partial charge is 0.206 e. The van der Waals surface area contributed by atoms with Gasteiger partial charge in [-0.1, -0.05) is 12.1 Å². The molecule has 0 radical (unpaired) electrons. The summed E-state index contributed by atoms with van der Waals surface area (Å²) in [5.74, 6) is 0.549. The topological polar surface area (TPSA) is 95.2 Å².